The fourth-order valence-corrected chi connectivity index (χ4v) is 2.43. The molecular weight excluding hydrogens is 223 g/mol. The smallest absolute Gasteiger partial charge is 0.160 e. The van der Waals surface area contributed by atoms with Gasteiger partial charge in [-0.15, -0.1) is 22.9 Å². The van der Waals surface area contributed by atoms with Gasteiger partial charge in [-0.2, -0.15) is 0 Å². The van der Waals surface area contributed by atoms with E-state index in [-0.39, 0.29) is 11.7 Å². The molecule has 1 nitrogen and oxygen atoms in total. The van der Waals surface area contributed by atoms with Crippen LogP contribution < -0.4 is 0 Å². The number of carbonyl (C=O) groups is 1. The van der Waals surface area contributed by atoms with Crippen molar-refractivity contribution in [3.8, 4) is 0 Å². The summed E-state index contributed by atoms with van der Waals surface area (Å²) in [6.07, 6.45) is 0.727. The molecule has 72 valence electrons. The lowest BCUT2D eigenvalue weighted by Gasteiger charge is -1.98. The normalized spacial score (nSPS) is 10.7. The Morgan fingerprint density at radius 1 is 1.50 bits per heavy atom. The summed E-state index contributed by atoms with van der Waals surface area (Å²) in [4.78, 5) is 11.0. The number of rotatable bonds is 2. The van der Waals surface area contributed by atoms with Crippen LogP contribution in [0.2, 0.25) is 0 Å². The maximum atomic E-state index is 13.6. The van der Waals surface area contributed by atoms with E-state index >= 15 is 0 Å². The Bertz CT molecular complexity index is 492. The summed E-state index contributed by atoms with van der Waals surface area (Å²) in [6.45, 7) is 0. The fourth-order valence-electron chi connectivity index (χ4n) is 1.29. The van der Waals surface area contributed by atoms with Gasteiger partial charge in [0.2, 0.25) is 0 Å². The first-order valence-electron chi connectivity index (χ1n) is 3.98. The SMILES string of the molecule is O=Cc1cc2ccc(CCl)c(F)c2s1. The van der Waals surface area contributed by atoms with E-state index < -0.39 is 0 Å². The van der Waals surface area contributed by atoms with Gasteiger partial charge in [-0.3, -0.25) is 4.79 Å². The van der Waals surface area contributed by atoms with Crippen LogP contribution in [0.15, 0.2) is 18.2 Å². The van der Waals surface area contributed by atoms with E-state index in [2.05, 4.69) is 0 Å². The minimum absolute atomic E-state index is 0.149. The van der Waals surface area contributed by atoms with Crippen LogP contribution in [0.4, 0.5) is 4.39 Å². The minimum atomic E-state index is -0.310. The lowest BCUT2D eigenvalue weighted by molar-refractivity contribution is 0.112. The molecule has 1 aromatic carbocycles. The maximum absolute atomic E-state index is 13.6. The molecule has 2 aromatic rings. The Kier molecular flexibility index (Phi) is 2.52. The molecule has 0 amide bonds. The first-order valence-corrected chi connectivity index (χ1v) is 5.33. The van der Waals surface area contributed by atoms with Gasteiger partial charge in [0.25, 0.3) is 0 Å². The van der Waals surface area contributed by atoms with Crippen molar-refractivity contribution in [1.82, 2.24) is 0 Å². The highest BCUT2D eigenvalue weighted by atomic mass is 35.5. The largest absolute Gasteiger partial charge is 0.297 e. The molecule has 2 rings (SSSR count). The summed E-state index contributed by atoms with van der Waals surface area (Å²) in [5.74, 6) is -0.161. The molecule has 0 saturated heterocycles. The van der Waals surface area contributed by atoms with Crippen LogP contribution in [-0.2, 0) is 5.88 Å². The molecule has 0 unspecified atom stereocenters. The lowest BCUT2D eigenvalue weighted by atomic mass is 10.2. The Morgan fingerprint density at radius 2 is 2.29 bits per heavy atom. The summed E-state index contributed by atoms with van der Waals surface area (Å²) in [5, 5.41) is 0.753. The predicted molar refractivity (Wildman–Crippen MR) is 56.7 cm³/mol. The van der Waals surface area contributed by atoms with Gasteiger partial charge in [0.15, 0.2) is 6.29 Å². The van der Waals surface area contributed by atoms with Gasteiger partial charge in [0, 0.05) is 5.56 Å². The maximum Gasteiger partial charge on any atom is 0.160 e. The van der Waals surface area contributed by atoms with Crippen molar-refractivity contribution < 1.29 is 9.18 Å². The molecule has 4 heteroatoms. The summed E-state index contributed by atoms with van der Waals surface area (Å²) in [6, 6.07) is 5.10. The van der Waals surface area contributed by atoms with Crippen LogP contribution in [-0.4, -0.2) is 6.29 Å². The highest BCUT2D eigenvalue weighted by molar-refractivity contribution is 7.20. The van der Waals surface area contributed by atoms with Crippen molar-refractivity contribution in [3.63, 3.8) is 0 Å². The number of hydrogen-bond donors (Lipinski definition) is 0. The molecule has 0 spiro atoms. The van der Waals surface area contributed by atoms with Gasteiger partial charge in [0.05, 0.1) is 15.5 Å². The van der Waals surface area contributed by atoms with E-state index in [1.165, 1.54) is 0 Å². The lowest BCUT2D eigenvalue weighted by Crippen LogP contribution is -1.84. The van der Waals surface area contributed by atoms with E-state index in [1.54, 1.807) is 18.2 Å². The average molecular weight is 229 g/mol. The van der Waals surface area contributed by atoms with Gasteiger partial charge >= 0.3 is 0 Å². The molecule has 14 heavy (non-hydrogen) atoms. The van der Waals surface area contributed by atoms with Gasteiger partial charge < -0.3 is 0 Å². The monoisotopic (exact) mass is 228 g/mol. The molecular formula is C10H6ClFOS. The third-order valence-corrected chi connectivity index (χ3v) is 3.34. The Hall–Kier alpha value is -0.930. The second-order valence-corrected chi connectivity index (χ2v) is 4.21. The van der Waals surface area contributed by atoms with Crippen molar-refractivity contribution in [2.75, 3.05) is 0 Å². The van der Waals surface area contributed by atoms with Crippen LogP contribution in [0.5, 0.6) is 0 Å². The molecule has 0 saturated carbocycles. The molecule has 0 aliphatic heterocycles. The Labute approximate surface area is 89.1 Å². The number of carbonyl (C=O) groups excluding carboxylic acids is 1. The van der Waals surface area contributed by atoms with Crippen molar-refractivity contribution >= 4 is 39.3 Å². The Morgan fingerprint density at radius 3 is 2.93 bits per heavy atom. The summed E-state index contributed by atoms with van der Waals surface area (Å²) in [7, 11) is 0. The molecule has 0 atom stereocenters. The second kappa shape index (κ2) is 3.67. The van der Waals surface area contributed by atoms with Crippen molar-refractivity contribution in [1.29, 1.82) is 0 Å². The molecule has 0 N–H and O–H groups in total. The third kappa shape index (κ3) is 1.42. The average Bonchev–Trinajstić information content (AvgIpc) is 2.62. The van der Waals surface area contributed by atoms with Crippen LogP contribution in [0.25, 0.3) is 10.1 Å². The molecule has 0 radical (unpaired) electrons. The number of benzene rings is 1. The highest BCUT2D eigenvalue weighted by Crippen LogP contribution is 2.29. The number of alkyl halides is 1. The first-order chi connectivity index (χ1) is 6.76. The molecule has 1 heterocycles. The van der Waals surface area contributed by atoms with Crippen LogP contribution in [0, 0.1) is 5.82 Å². The summed E-state index contributed by atoms with van der Waals surface area (Å²) < 4.78 is 14.1. The standard InChI is InChI=1S/C10H6ClFOS/c11-4-7-2-1-6-3-8(5-13)14-10(6)9(7)12/h1-3,5H,4H2. The molecule has 0 bridgehead atoms. The molecule has 1 aromatic heterocycles. The van der Waals surface area contributed by atoms with E-state index in [0.29, 0.717) is 15.1 Å². The zero-order valence-electron chi connectivity index (χ0n) is 7.09. The number of fused-ring (bicyclic) bond motifs is 1. The number of hydrogen-bond acceptors (Lipinski definition) is 2. The highest BCUT2D eigenvalue weighted by Gasteiger charge is 2.09. The Balaban J connectivity index is 2.74. The zero-order valence-corrected chi connectivity index (χ0v) is 8.66. The van der Waals surface area contributed by atoms with Gasteiger partial charge in [-0.25, -0.2) is 4.39 Å². The zero-order chi connectivity index (χ0) is 10.1. The van der Waals surface area contributed by atoms with Gasteiger partial charge in [0.1, 0.15) is 5.82 Å². The number of halogens is 2. The van der Waals surface area contributed by atoms with Crippen molar-refractivity contribution in [2.24, 2.45) is 0 Å². The number of aldehydes is 1. The van der Waals surface area contributed by atoms with Gasteiger partial charge in [-0.1, -0.05) is 12.1 Å². The van der Waals surface area contributed by atoms with E-state index in [4.69, 9.17) is 11.6 Å². The van der Waals surface area contributed by atoms with Crippen LogP contribution in [0.1, 0.15) is 15.2 Å². The van der Waals surface area contributed by atoms with E-state index in [1.807, 2.05) is 0 Å². The van der Waals surface area contributed by atoms with Crippen molar-refractivity contribution in [3.05, 3.63) is 34.5 Å². The third-order valence-electron chi connectivity index (χ3n) is 1.99. The first kappa shape index (κ1) is 9.62. The molecule has 0 fully saturated rings. The topological polar surface area (TPSA) is 17.1 Å². The molecule has 0 aliphatic rings. The summed E-state index contributed by atoms with van der Waals surface area (Å²) in [5.41, 5.74) is 0.471. The predicted octanol–water partition coefficient (Wildman–Crippen LogP) is 3.59. The van der Waals surface area contributed by atoms with Crippen LogP contribution in [0.3, 0.4) is 0 Å². The van der Waals surface area contributed by atoms with E-state index in [0.717, 1.165) is 23.0 Å². The van der Waals surface area contributed by atoms with Gasteiger partial charge in [-0.05, 0) is 11.5 Å². The van der Waals surface area contributed by atoms with Crippen molar-refractivity contribution in [2.45, 2.75) is 5.88 Å². The summed E-state index contributed by atoms with van der Waals surface area (Å²) >= 11 is 6.72. The quantitative estimate of drug-likeness (QED) is 0.567. The van der Waals surface area contributed by atoms with E-state index in [9.17, 15) is 9.18 Å². The number of thiophene rings is 1. The minimum Gasteiger partial charge on any atom is -0.297 e. The molecule has 0 aliphatic carbocycles. The fraction of sp³-hybridized carbons (Fsp3) is 0.100. The van der Waals surface area contributed by atoms with Crippen LogP contribution >= 0.6 is 22.9 Å². The second-order valence-electron chi connectivity index (χ2n) is 2.86.